The van der Waals surface area contributed by atoms with Crippen LogP contribution in [0.15, 0.2) is 0 Å². The molecule has 1 rings (SSSR count). The van der Waals surface area contributed by atoms with Crippen LogP contribution in [-0.2, 0) is 18.9 Å². The summed E-state index contributed by atoms with van der Waals surface area (Å²) in [6.45, 7) is 18.3. The quantitative estimate of drug-likeness (QED) is 0.203. The van der Waals surface area contributed by atoms with E-state index in [9.17, 15) is 0 Å². The highest BCUT2D eigenvalue weighted by Gasteiger charge is 2.47. The predicted octanol–water partition coefficient (Wildman–Crippen LogP) is 6.23. The summed E-state index contributed by atoms with van der Waals surface area (Å²) >= 11 is 0. The van der Waals surface area contributed by atoms with Crippen molar-refractivity contribution in [1.82, 2.24) is 4.90 Å². The van der Waals surface area contributed by atoms with Gasteiger partial charge >= 0.3 is 0 Å². The predicted molar refractivity (Wildman–Crippen MR) is 135 cm³/mol. The van der Waals surface area contributed by atoms with E-state index in [2.05, 4.69) is 46.4 Å². The molecule has 0 spiro atoms. The fourth-order valence-electron chi connectivity index (χ4n) is 4.55. The fraction of sp³-hybridized carbons (Fsp3) is 1.00. The summed E-state index contributed by atoms with van der Waals surface area (Å²) in [5, 5.41) is 0. The summed E-state index contributed by atoms with van der Waals surface area (Å²) in [6, 6.07) is 0.729. The molecule has 0 N–H and O–H groups in total. The van der Waals surface area contributed by atoms with Crippen LogP contribution in [0.1, 0.15) is 106 Å². The normalized spacial score (nSPS) is 24.5. The maximum Gasteiger partial charge on any atom is 0.113 e. The zero-order valence-corrected chi connectivity index (χ0v) is 22.3. The first kappa shape index (κ1) is 29.8. The van der Waals surface area contributed by atoms with Crippen LogP contribution in [0, 0.1) is 0 Å². The molecule has 5 heteroatoms. The Balaban J connectivity index is 3.15. The summed E-state index contributed by atoms with van der Waals surface area (Å²) in [5.74, 6) is 0. The van der Waals surface area contributed by atoms with Gasteiger partial charge in [-0.15, -0.1) is 0 Å². The molecule has 4 unspecified atom stereocenters. The van der Waals surface area contributed by atoms with E-state index < -0.39 is 0 Å². The third-order valence-electron chi connectivity index (χ3n) is 6.67. The molecule has 0 radical (unpaired) electrons. The number of ether oxygens (including phenoxy) is 4. The fourth-order valence-corrected chi connectivity index (χ4v) is 4.55. The molecule has 0 aromatic rings. The molecule has 0 aromatic heterocycles. The molecule has 1 aliphatic rings. The van der Waals surface area contributed by atoms with Crippen LogP contribution in [-0.4, -0.2) is 74.9 Å². The van der Waals surface area contributed by atoms with Crippen molar-refractivity contribution >= 4 is 0 Å². The molecule has 0 amide bonds. The van der Waals surface area contributed by atoms with Crippen LogP contribution < -0.4 is 0 Å². The van der Waals surface area contributed by atoms with Crippen LogP contribution in [0.2, 0.25) is 0 Å². The molecule has 0 aromatic carbocycles. The molecule has 1 aliphatic heterocycles. The van der Waals surface area contributed by atoms with Gasteiger partial charge < -0.3 is 18.9 Å². The van der Waals surface area contributed by atoms with Gasteiger partial charge in [0, 0.05) is 39.0 Å². The Labute approximate surface area is 199 Å². The van der Waals surface area contributed by atoms with Crippen molar-refractivity contribution in [3.8, 4) is 0 Å². The van der Waals surface area contributed by atoms with E-state index in [-0.39, 0.29) is 24.4 Å². The molecule has 0 bridgehead atoms. The minimum atomic E-state index is -0.0272. The van der Waals surface area contributed by atoms with Crippen LogP contribution in [0.25, 0.3) is 0 Å². The first-order valence-corrected chi connectivity index (χ1v) is 13.9. The van der Waals surface area contributed by atoms with E-state index in [0.717, 1.165) is 97.2 Å². The maximum absolute atomic E-state index is 6.62. The SMILES string of the molecule is CCCCOCC1C(OCCCC)C(OCCCC)C(OCCCC)CN1C(CC)CC. The molecule has 192 valence electrons. The van der Waals surface area contributed by atoms with Gasteiger partial charge in [0.2, 0.25) is 0 Å². The number of hydrogen-bond acceptors (Lipinski definition) is 5. The summed E-state index contributed by atoms with van der Waals surface area (Å²) < 4.78 is 25.8. The first-order chi connectivity index (χ1) is 15.7. The molecule has 32 heavy (non-hydrogen) atoms. The molecule has 1 saturated heterocycles. The maximum atomic E-state index is 6.62. The van der Waals surface area contributed by atoms with Gasteiger partial charge in [-0.05, 0) is 38.5 Å². The largest absolute Gasteiger partial charge is 0.380 e. The van der Waals surface area contributed by atoms with Crippen molar-refractivity contribution in [3.05, 3.63) is 0 Å². The monoisotopic (exact) mass is 457 g/mol. The number of hydrogen-bond donors (Lipinski definition) is 0. The second-order valence-electron chi connectivity index (χ2n) is 9.30. The standard InChI is InChI=1S/C27H55NO4/c1-7-13-17-29-22-24-26(31-19-15-9-3)27(32-20-16-10-4)25(30-18-14-8-2)21-28(24)23(11-5)12-6/h23-27H,7-22H2,1-6H3. The van der Waals surface area contributed by atoms with Crippen LogP contribution in [0.4, 0.5) is 0 Å². The lowest BCUT2D eigenvalue weighted by atomic mass is 9.90. The van der Waals surface area contributed by atoms with Gasteiger partial charge in [0.15, 0.2) is 0 Å². The summed E-state index contributed by atoms with van der Waals surface area (Å²) in [7, 11) is 0. The van der Waals surface area contributed by atoms with Crippen molar-refractivity contribution in [3.63, 3.8) is 0 Å². The number of rotatable bonds is 20. The van der Waals surface area contributed by atoms with Gasteiger partial charge in [0.1, 0.15) is 12.2 Å². The highest BCUT2D eigenvalue weighted by molar-refractivity contribution is 4.99. The van der Waals surface area contributed by atoms with Crippen molar-refractivity contribution in [2.24, 2.45) is 0 Å². The third-order valence-corrected chi connectivity index (χ3v) is 6.67. The van der Waals surface area contributed by atoms with Crippen molar-refractivity contribution in [2.45, 2.75) is 136 Å². The van der Waals surface area contributed by atoms with Crippen molar-refractivity contribution in [2.75, 3.05) is 39.6 Å². The molecule has 0 saturated carbocycles. The molecule has 5 nitrogen and oxygen atoms in total. The molecular weight excluding hydrogens is 402 g/mol. The van der Waals surface area contributed by atoms with Gasteiger partial charge in [0.25, 0.3) is 0 Å². The van der Waals surface area contributed by atoms with E-state index in [1.165, 1.54) is 0 Å². The second kappa shape index (κ2) is 19.1. The summed E-state index contributed by atoms with van der Waals surface area (Å²) in [6.07, 6.45) is 11.2. The lowest BCUT2D eigenvalue weighted by molar-refractivity contribution is -0.208. The van der Waals surface area contributed by atoms with Crippen LogP contribution in [0.5, 0.6) is 0 Å². The average Bonchev–Trinajstić information content (AvgIpc) is 2.80. The summed E-state index contributed by atoms with van der Waals surface area (Å²) in [4.78, 5) is 2.64. The smallest absolute Gasteiger partial charge is 0.113 e. The van der Waals surface area contributed by atoms with E-state index in [0.29, 0.717) is 12.6 Å². The molecule has 4 atom stereocenters. The lowest BCUT2D eigenvalue weighted by Gasteiger charge is -2.51. The molecule has 1 fully saturated rings. The van der Waals surface area contributed by atoms with Crippen molar-refractivity contribution < 1.29 is 18.9 Å². The number of nitrogens with zero attached hydrogens (tertiary/aromatic N) is 1. The van der Waals surface area contributed by atoms with E-state index >= 15 is 0 Å². The minimum Gasteiger partial charge on any atom is -0.380 e. The number of unbranched alkanes of at least 4 members (excludes halogenated alkanes) is 4. The zero-order valence-electron chi connectivity index (χ0n) is 22.3. The number of piperidine rings is 1. The Bertz CT molecular complexity index is 418. The van der Waals surface area contributed by atoms with Gasteiger partial charge in [0.05, 0.1) is 18.8 Å². The zero-order chi connectivity index (χ0) is 23.6. The topological polar surface area (TPSA) is 40.2 Å². The van der Waals surface area contributed by atoms with Crippen LogP contribution >= 0.6 is 0 Å². The van der Waals surface area contributed by atoms with Gasteiger partial charge in [-0.2, -0.15) is 0 Å². The lowest BCUT2D eigenvalue weighted by Crippen LogP contribution is -2.66. The van der Waals surface area contributed by atoms with E-state index in [1.54, 1.807) is 0 Å². The van der Waals surface area contributed by atoms with Gasteiger partial charge in [-0.1, -0.05) is 67.2 Å². The van der Waals surface area contributed by atoms with E-state index in [4.69, 9.17) is 18.9 Å². The van der Waals surface area contributed by atoms with Crippen LogP contribution in [0.3, 0.4) is 0 Å². The Morgan fingerprint density at radius 3 is 1.69 bits per heavy atom. The average molecular weight is 458 g/mol. The van der Waals surface area contributed by atoms with Crippen molar-refractivity contribution in [1.29, 1.82) is 0 Å². The minimum absolute atomic E-state index is 0.0130. The summed E-state index contributed by atoms with van der Waals surface area (Å²) in [5.41, 5.74) is 0. The molecule has 0 aliphatic carbocycles. The second-order valence-corrected chi connectivity index (χ2v) is 9.30. The molecule has 1 heterocycles. The van der Waals surface area contributed by atoms with Gasteiger partial charge in [-0.3, -0.25) is 4.90 Å². The highest BCUT2D eigenvalue weighted by atomic mass is 16.6. The third kappa shape index (κ3) is 10.4. The number of likely N-dealkylation sites (tertiary alicyclic amines) is 1. The Morgan fingerprint density at radius 1 is 0.656 bits per heavy atom. The van der Waals surface area contributed by atoms with E-state index in [1.807, 2.05) is 0 Å². The Morgan fingerprint density at radius 2 is 1.16 bits per heavy atom. The molecular formula is C27H55NO4. The first-order valence-electron chi connectivity index (χ1n) is 13.9. The Hall–Kier alpha value is -0.200. The Kier molecular flexibility index (Phi) is 17.8. The highest BCUT2D eigenvalue weighted by Crippen LogP contribution is 2.30. The van der Waals surface area contributed by atoms with Gasteiger partial charge in [-0.25, -0.2) is 0 Å².